The highest BCUT2D eigenvalue weighted by molar-refractivity contribution is 5.95. The second kappa shape index (κ2) is 14.1. The molecule has 10 rings (SSSR count). The first kappa shape index (κ1) is 39.7. The Morgan fingerprint density at radius 1 is 0.950 bits per heavy atom. The van der Waals surface area contributed by atoms with Gasteiger partial charge in [0.2, 0.25) is 5.60 Å². The molecule has 320 valence electrons. The van der Waals surface area contributed by atoms with Crippen LogP contribution in [-0.4, -0.2) is 123 Å². The molecule has 11 atom stereocenters. The number of nitrogens with zero attached hydrogens (tertiary/aromatic N) is 3. The maximum absolute atomic E-state index is 15.5. The van der Waals surface area contributed by atoms with Gasteiger partial charge in [0, 0.05) is 90.9 Å². The van der Waals surface area contributed by atoms with E-state index in [2.05, 4.69) is 51.2 Å². The number of esters is 3. The van der Waals surface area contributed by atoms with Crippen molar-refractivity contribution in [2.45, 2.75) is 99.8 Å². The summed E-state index contributed by atoms with van der Waals surface area (Å²) >= 11 is 0. The van der Waals surface area contributed by atoms with Crippen molar-refractivity contribution in [3.8, 4) is 5.75 Å². The van der Waals surface area contributed by atoms with Gasteiger partial charge in [-0.05, 0) is 86.1 Å². The van der Waals surface area contributed by atoms with Crippen molar-refractivity contribution >= 4 is 34.5 Å². The number of aromatic nitrogens is 1. The Balaban J connectivity index is 1.28. The van der Waals surface area contributed by atoms with E-state index in [-0.39, 0.29) is 17.9 Å². The molecule has 6 heterocycles. The number of hydrogen-bond donors (Lipinski definition) is 2. The Bertz CT molecular complexity index is 2290. The number of nitrogens with one attached hydrogen (secondary N) is 1. The Morgan fingerprint density at radius 2 is 1.72 bits per heavy atom. The zero-order valence-electron chi connectivity index (χ0n) is 35.9. The Kier molecular flexibility index (Phi) is 9.32. The largest absolute Gasteiger partial charge is 0.496 e. The van der Waals surface area contributed by atoms with Gasteiger partial charge in [0.25, 0.3) is 0 Å². The van der Waals surface area contributed by atoms with Crippen molar-refractivity contribution in [2.75, 3.05) is 66.0 Å². The molecule has 3 aromatic rings. The van der Waals surface area contributed by atoms with Gasteiger partial charge in [-0.2, -0.15) is 0 Å². The number of aliphatic hydroxyl groups is 1. The molecule has 2 saturated heterocycles. The van der Waals surface area contributed by atoms with Gasteiger partial charge in [0.15, 0.2) is 6.10 Å². The smallest absolute Gasteiger partial charge is 0.344 e. The number of carbonyl (C=O) groups excluding carboxylic acids is 3. The summed E-state index contributed by atoms with van der Waals surface area (Å²) in [6.07, 6.45) is 10.1. The predicted octanol–water partition coefficient (Wildman–Crippen LogP) is 5.27. The Morgan fingerprint density at radius 3 is 2.47 bits per heavy atom. The number of hydrogen-bond acceptors (Lipinski definition) is 11. The minimum Gasteiger partial charge on any atom is -0.496 e. The molecule has 1 spiro atoms. The van der Waals surface area contributed by atoms with E-state index in [0.29, 0.717) is 49.9 Å². The van der Waals surface area contributed by atoms with Gasteiger partial charge in [-0.1, -0.05) is 50.1 Å². The highest BCUT2D eigenvalue weighted by Gasteiger charge is 2.80. The highest BCUT2D eigenvalue weighted by atomic mass is 16.6. The molecule has 0 amide bonds. The van der Waals surface area contributed by atoms with Crippen LogP contribution in [0.2, 0.25) is 0 Å². The number of methoxy groups -OCH3 is 3. The maximum atomic E-state index is 15.5. The number of piperidine rings is 1. The standard InChI is InChI=1S/C48H60N4O8/c1-7-45-18-12-20-52-22-19-46(40(45)52)34-23-35(38(57-4)24-37(34)50(3)41(46)48(56,44(55)59-6)42(45)60-28(2)53)47(43(54)58-5)25-30-27-51(26-29-13-8-9-14-31(29)30)21-17-33-32-15-10-11-16-36(32)49-39(33)47/h10-12,15-16,18,23-24,29-31,40-42,49,56H,7-9,13-14,17,19-22,25-27H2,1-6H3/t29-,30+,31-,40-,41+,42+,45+,46+,47-,48-/m0/s1. The number of fused-ring (bicyclic) bond motifs is 8. The lowest BCUT2D eigenvalue weighted by atomic mass is 9.47. The van der Waals surface area contributed by atoms with Gasteiger partial charge >= 0.3 is 17.9 Å². The van der Waals surface area contributed by atoms with Gasteiger partial charge in [-0.15, -0.1) is 0 Å². The van der Waals surface area contributed by atoms with Crippen molar-refractivity contribution in [3.63, 3.8) is 0 Å². The van der Waals surface area contributed by atoms with Crippen LogP contribution in [0.4, 0.5) is 5.69 Å². The second-order valence-electron chi connectivity index (χ2n) is 19.0. The van der Waals surface area contributed by atoms with Crippen molar-refractivity contribution in [1.29, 1.82) is 0 Å². The number of ether oxygens (including phenoxy) is 4. The SMILES string of the molecule is CC[C@]12C=CCN3CC[C@@]4(c5cc([C@@]6(C(=O)OC)C[C@@H]7CN(CCc8c6[nH]c6ccccc86)C[C@@H]6CCCC[C@@H]67)c(OC)cc5N(C)[C@H]4[C@@](O)(C(=O)OC)[C@@H]1OC(C)=O)[C@@H]32. The van der Waals surface area contributed by atoms with Crippen LogP contribution < -0.4 is 9.64 Å². The van der Waals surface area contributed by atoms with Crippen LogP contribution in [0, 0.1) is 23.2 Å². The fourth-order valence-electron chi connectivity index (χ4n) is 14.7. The summed E-state index contributed by atoms with van der Waals surface area (Å²) in [7, 11) is 6.34. The topological polar surface area (TPSA) is 134 Å². The quantitative estimate of drug-likeness (QED) is 0.192. The molecule has 12 nitrogen and oxygen atoms in total. The monoisotopic (exact) mass is 820 g/mol. The van der Waals surface area contributed by atoms with Crippen LogP contribution in [0.1, 0.15) is 81.2 Å². The van der Waals surface area contributed by atoms with Gasteiger partial charge in [0.05, 0.1) is 27.4 Å². The highest BCUT2D eigenvalue weighted by Crippen LogP contribution is 2.68. The zero-order valence-corrected chi connectivity index (χ0v) is 35.9. The lowest BCUT2D eigenvalue weighted by Crippen LogP contribution is -2.81. The normalized spacial score (nSPS) is 37.6. The number of aromatic amines is 1. The van der Waals surface area contributed by atoms with Crippen molar-refractivity contribution in [2.24, 2.45) is 23.2 Å². The van der Waals surface area contributed by atoms with E-state index in [4.69, 9.17) is 18.9 Å². The third-order valence-electron chi connectivity index (χ3n) is 16.8. The van der Waals surface area contributed by atoms with E-state index < -0.39 is 45.9 Å². The van der Waals surface area contributed by atoms with Crippen molar-refractivity contribution < 1.29 is 38.4 Å². The van der Waals surface area contributed by atoms with Crippen LogP contribution in [0.15, 0.2) is 48.6 Å². The molecule has 4 fully saturated rings. The van der Waals surface area contributed by atoms with E-state index >= 15 is 4.79 Å². The fourth-order valence-corrected chi connectivity index (χ4v) is 14.7. The fraction of sp³-hybridized carbons (Fsp3) is 0.604. The molecule has 5 aliphatic heterocycles. The molecule has 2 saturated carbocycles. The lowest BCUT2D eigenvalue weighted by Gasteiger charge is -2.63. The maximum Gasteiger partial charge on any atom is 0.344 e. The molecule has 60 heavy (non-hydrogen) atoms. The molecule has 7 aliphatic rings. The second-order valence-corrected chi connectivity index (χ2v) is 19.0. The summed E-state index contributed by atoms with van der Waals surface area (Å²) in [6.45, 7) is 7.65. The average Bonchev–Trinajstić information content (AvgIpc) is 3.92. The summed E-state index contributed by atoms with van der Waals surface area (Å²) in [5, 5.41) is 14.5. The summed E-state index contributed by atoms with van der Waals surface area (Å²) in [5.41, 5.74) is 0.0512. The summed E-state index contributed by atoms with van der Waals surface area (Å²) in [5.74, 6) is 0.0532. The Labute approximate surface area is 352 Å². The number of benzene rings is 2. The van der Waals surface area contributed by atoms with Crippen LogP contribution in [0.25, 0.3) is 10.9 Å². The molecule has 12 heteroatoms. The van der Waals surface area contributed by atoms with E-state index in [0.717, 1.165) is 71.5 Å². The number of rotatable bonds is 6. The molecule has 2 N–H and O–H groups in total. The van der Waals surface area contributed by atoms with E-state index in [1.54, 1.807) is 7.11 Å². The number of carbonyl (C=O) groups is 3. The minimum absolute atomic E-state index is 0.217. The zero-order chi connectivity index (χ0) is 41.9. The van der Waals surface area contributed by atoms with Gasteiger partial charge in [-0.3, -0.25) is 14.5 Å². The average molecular weight is 821 g/mol. The minimum atomic E-state index is -2.27. The molecule has 2 aliphatic carbocycles. The molecular weight excluding hydrogens is 761 g/mol. The van der Waals surface area contributed by atoms with Crippen LogP contribution in [0.5, 0.6) is 5.75 Å². The Hall–Kier alpha value is -4.39. The van der Waals surface area contributed by atoms with Gasteiger partial charge < -0.3 is 38.8 Å². The van der Waals surface area contributed by atoms with Gasteiger partial charge in [0.1, 0.15) is 11.2 Å². The lowest BCUT2D eigenvalue weighted by molar-refractivity contribution is -0.228. The molecule has 2 bridgehead atoms. The van der Waals surface area contributed by atoms with Crippen molar-refractivity contribution in [3.05, 3.63) is 70.9 Å². The predicted molar refractivity (Wildman–Crippen MR) is 226 cm³/mol. The number of H-pyrrole nitrogens is 1. The van der Waals surface area contributed by atoms with Crippen LogP contribution >= 0.6 is 0 Å². The summed E-state index contributed by atoms with van der Waals surface area (Å²) in [4.78, 5) is 53.9. The summed E-state index contributed by atoms with van der Waals surface area (Å²) < 4.78 is 24.2. The van der Waals surface area contributed by atoms with Crippen molar-refractivity contribution in [1.82, 2.24) is 14.8 Å². The molecule has 1 unspecified atom stereocenters. The first-order valence-corrected chi connectivity index (χ1v) is 22.2. The third kappa shape index (κ3) is 5.04. The number of para-hydroxylation sites is 1. The number of likely N-dealkylation sites (N-methyl/N-ethyl adjacent to an activating group) is 1. The van der Waals surface area contributed by atoms with E-state index in [1.165, 1.54) is 40.4 Å². The molecule has 2 aromatic carbocycles. The van der Waals surface area contributed by atoms with Crippen LogP contribution in [-0.2, 0) is 45.8 Å². The van der Waals surface area contributed by atoms with E-state index in [9.17, 15) is 14.7 Å². The molecule has 1 aromatic heterocycles. The first-order chi connectivity index (χ1) is 28.9. The van der Waals surface area contributed by atoms with Gasteiger partial charge in [-0.25, -0.2) is 4.79 Å². The third-order valence-corrected chi connectivity index (χ3v) is 16.8. The van der Waals surface area contributed by atoms with E-state index in [1.807, 2.05) is 31.0 Å². The summed E-state index contributed by atoms with van der Waals surface area (Å²) in [6, 6.07) is 11.4. The molecule has 0 radical (unpaired) electrons. The number of anilines is 1. The molecular formula is C48H60N4O8. The first-order valence-electron chi connectivity index (χ1n) is 22.2. The van der Waals surface area contributed by atoms with Crippen LogP contribution in [0.3, 0.4) is 0 Å².